The predicted octanol–water partition coefficient (Wildman–Crippen LogP) is 3.24. The molecule has 0 atom stereocenters. The van der Waals surface area contributed by atoms with E-state index >= 15 is 0 Å². The molecule has 4 aromatic heterocycles. The summed E-state index contributed by atoms with van der Waals surface area (Å²) >= 11 is 0. The number of carbonyl (C=O) groups is 2. The van der Waals surface area contributed by atoms with Gasteiger partial charge in [-0.2, -0.15) is 10.2 Å². The monoisotopic (exact) mass is 648 g/mol. The van der Waals surface area contributed by atoms with E-state index in [-0.39, 0.29) is 53.8 Å². The van der Waals surface area contributed by atoms with Crippen LogP contribution in [-0.4, -0.2) is 55.7 Å². The molecule has 0 saturated carbocycles. The molecule has 0 unspecified atom stereocenters. The summed E-state index contributed by atoms with van der Waals surface area (Å²) < 4.78 is 9.19. The van der Waals surface area contributed by atoms with Crippen LogP contribution in [0.25, 0.3) is 11.1 Å². The predicted molar refractivity (Wildman–Crippen MR) is 179 cm³/mol. The number of ether oxygens (including phenoxy) is 1. The van der Waals surface area contributed by atoms with Gasteiger partial charge in [-0.15, -0.1) is 0 Å². The zero-order valence-electron chi connectivity index (χ0n) is 27.0. The SMILES string of the molecule is C=C(C#N)C(=O)NCCOc1cccc(Nc2cc(-c3ccnc(N4CCn5c(cc6c5CC(C)(C)C6)C4=O)c3CO)cn(C)c2=O)n1. The molecule has 2 amide bonds. The summed E-state index contributed by atoms with van der Waals surface area (Å²) in [6, 6.07) is 12.1. The van der Waals surface area contributed by atoms with Crippen molar-refractivity contribution in [2.75, 3.05) is 29.9 Å². The fourth-order valence-electron chi connectivity index (χ4n) is 6.38. The quantitative estimate of drug-likeness (QED) is 0.133. The fourth-order valence-corrected chi connectivity index (χ4v) is 6.38. The maximum Gasteiger partial charge on any atom is 0.276 e. The number of pyridine rings is 3. The van der Waals surface area contributed by atoms with Crippen LogP contribution in [-0.2, 0) is 37.8 Å². The molecule has 13 nitrogen and oxygen atoms in total. The molecule has 1 aliphatic heterocycles. The van der Waals surface area contributed by atoms with Crippen LogP contribution in [0.5, 0.6) is 5.88 Å². The molecule has 0 fully saturated rings. The van der Waals surface area contributed by atoms with Crippen molar-refractivity contribution in [3.8, 4) is 23.1 Å². The first kappa shape index (κ1) is 32.2. The molecule has 13 heteroatoms. The Hall–Kier alpha value is -5.74. The average molecular weight is 649 g/mol. The summed E-state index contributed by atoms with van der Waals surface area (Å²) in [6.45, 7) is 8.77. The highest BCUT2D eigenvalue weighted by Gasteiger charge is 2.37. The van der Waals surface area contributed by atoms with Gasteiger partial charge in [0.05, 0.1) is 13.2 Å². The number of aliphatic hydroxyl groups is 1. The van der Waals surface area contributed by atoms with E-state index in [2.05, 4.69) is 45.6 Å². The Kier molecular flexibility index (Phi) is 8.59. The second-order valence-electron chi connectivity index (χ2n) is 12.7. The lowest BCUT2D eigenvalue weighted by Crippen LogP contribution is -2.41. The zero-order chi connectivity index (χ0) is 34.2. The van der Waals surface area contributed by atoms with E-state index < -0.39 is 5.91 Å². The Labute approximate surface area is 277 Å². The number of fused-ring (bicyclic) bond motifs is 3. The largest absolute Gasteiger partial charge is 0.476 e. The minimum Gasteiger partial charge on any atom is -0.476 e. The highest BCUT2D eigenvalue weighted by molar-refractivity contribution is 6.06. The molecule has 0 aromatic carbocycles. The van der Waals surface area contributed by atoms with E-state index in [0.29, 0.717) is 47.1 Å². The Morgan fingerprint density at radius 2 is 2.00 bits per heavy atom. The van der Waals surface area contributed by atoms with Crippen molar-refractivity contribution in [1.82, 2.24) is 24.4 Å². The molecule has 3 N–H and O–H groups in total. The Morgan fingerprint density at radius 1 is 1.19 bits per heavy atom. The third-order valence-electron chi connectivity index (χ3n) is 8.60. The van der Waals surface area contributed by atoms with Crippen LogP contribution in [0, 0.1) is 16.7 Å². The standard InChI is InChI=1S/C35H36N8O5/c1-21(18-36)32(45)38-10-13-48-30-7-5-6-29(40-30)39-26-14-23(19-41(4)33(26)46)24-8-9-37-31(25(24)20-44)43-12-11-42-27(34(43)47)15-22-16-35(2,3)17-28(22)42/h5-9,14-15,19,44H,1,10-13,16-17,20H2,2-4H3,(H,38,45)(H,39,40). The van der Waals surface area contributed by atoms with Gasteiger partial charge < -0.3 is 29.6 Å². The van der Waals surface area contributed by atoms with E-state index in [4.69, 9.17) is 10.00 Å². The normalized spacial score (nSPS) is 14.6. The number of hydrogen-bond acceptors (Lipinski definition) is 9. The number of amides is 2. The minimum atomic E-state index is -0.573. The first-order valence-electron chi connectivity index (χ1n) is 15.6. The number of rotatable bonds is 10. The van der Waals surface area contributed by atoms with Crippen molar-refractivity contribution in [2.24, 2.45) is 12.5 Å². The van der Waals surface area contributed by atoms with Gasteiger partial charge in [0.2, 0.25) is 5.88 Å². The number of aromatic nitrogens is 4. The van der Waals surface area contributed by atoms with Gasteiger partial charge in [-0.1, -0.05) is 26.5 Å². The van der Waals surface area contributed by atoms with Crippen LogP contribution in [0.1, 0.15) is 41.2 Å². The Morgan fingerprint density at radius 3 is 2.77 bits per heavy atom. The van der Waals surface area contributed by atoms with Gasteiger partial charge in [-0.05, 0) is 53.6 Å². The minimum absolute atomic E-state index is 0.0956. The van der Waals surface area contributed by atoms with Crippen molar-refractivity contribution in [1.29, 1.82) is 5.26 Å². The van der Waals surface area contributed by atoms with E-state index in [1.165, 1.54) is 15.8 Å². The van der Waals surface area contributed by atoms with E-state index in [0.717, 1.165) is 12.8 Å². The number of anilines is 3. The summed E-state index contributed by atoms with van der Waals surface area (Å²) in [5.74, 6) is 0.262. The highest BCUT2D eigenvalue weighted by Crippen LogP contribution is 2.40. The molecule has 48 heavy (non-hydrogen) atoms. The number of aliphatic hydroxyl groups excluding tert-OH is 1. The lowest BCUT2D eigenvalue weighted by atomic mass is 9.90. The third-order valence-corrected chi connectivity index (χ3v) is 8.60. The van der Waals surface area contributed by atoms with Gasteiger partial charge in [0.25, 0.3) is 17.4 Å². The van der Waals surface area contributed by atoms with Gasteiger partial charge in [-0.3, -0.25) is 19.3 Å². The van der Waals surface area contributed by atoms with Gasteiger partial charge in [0, 0.05) is 55.4 Å². The van der Waals surface area contributed by atoms with E-state index in [1.54, 1.807) is 60.7 Å². The maximum absolute atomic E-state index is 13.8. The number of nitriles is 1. The summed E-state index contributed by atoms with van der Waals surface area (Å²) in [6.07, 6.45) is 5.14. The molecule has 0 radical (unpaired) electrons. The molecular formula is C35H36N8O5. The van der Waals surface area contributed by atoms with Crippen LogP contribution in [0.4, 0.5) is 17.3 Å². The van der Waals surface area contributed by atoms with Gasteiger partial charge >= 0.3 is 0 Å². The summed E-state index contributed by atoms with van der Waals surface area (Å²) in [5, 5.41) is 25.0. The van der Waals surface area contributed by atoms with Crippen LogP contribution >= 0.6 is 0 Å². The summed E-state index contributed by atoms with van der Waals surface area (Å²) in [4.78, 5) is 49.3. The van der Waals surface area contributed by atoms with Crippen molar-refractivity contribution < 1.29 is 19.4 Å². The van der Waals surface area contributed by atoms with Gasteiger partial charge in [0.15, 0.2) is 0 Å². The van der Waals surface area contributed by atoms with Crippen LogP contribution in [0.3, 0.4) is 0 Å². The van der Waals surface area contributed by atoms with E-state index in [9.17, 15) is 19.5 Å². The lowest BCUT2D eigenvalue weighted by molar-refractivity contribution is -0.117. The zero-order valence-corrected chi connectivity index (χ0v) is 27.0. The first-order chi connectivity index (χ1) is 23.0. The van der Waals surface area contributed by atoms with Crippen LogP contribution < -0.4 is 25.8 Å². The molecule has 1 aliphatic carbocycles. The van der Waals surface area contributed by atoms with E-state index in [1.807, 2.05) is 6.07 Å². The molecule has 0 spiro atoms. The number of aryl methyl sites for hydroxylation is 1. The highest BCUT2D eigenvalue weighted by atomic mass is 16.5. The molecule has 4 aromatic rings. The molecule has 0 bridgehead atoms. The number of hydrogen-bond donors (Lipinski definition) is 3. The molecule has 246 valence electrons. The Bertz CT molecular complexity index is 2050. The second-order valence-corrected chi connectivity index (χ2v) is 12.7. The van der Waals surface area contributed by atoms with Crippen molar-refractivity contribution in [2.45, 2.75) is 39.8 Å². The average Bonchev–Trinajstić information content (AvgIpc) is 3.56. The fraction of sp³-hybridized carbons (Fsp3) is 0.314. The van der Waals surface area contributed by atoms with Crippen molar-refractivity contribution in [3.05, 3.63) is 93.8 Å². The molecule has 6 rings (SSSR count). The van der Waals surface area contributed by atoms with Crippen molar-refractivity contribution >= 4 is 29.1 Å². The number of nitrogens with zero attached hydrogens (tertiary/aromatic N) is 6. The van der Waals surface area contributed by atoms with Gasteiger partial charge in [0.1, 0.15) is 41.3 Å². The number of carbonyl (C=O) groups excluding carboxylic acids is 2. The van der Waals surface area contributed by atoms with Crippen LogP contribution in [0.15, 0.2) is 65.7 Å². The molecule has 2 aliphatic rings. The molecular weight excluding hydrogens is 612 g/mol. The second kappa shape index (κ2) is 12.8. The van der Waals surface area contributed by atoms with Crippen LogP contribution in [0.2, 0.25) is 0 Å². The summed E-state index contributed by atoms with van der Waals surface area (Å²) in [5.41, 5.74) is 4.73. The Balaban J connectivity index is 1.23. The summed E-state index contributed by atoms with van der Waals surface area (Å²) in [7, 11) is 1.63. The first-order valence-corrected chi connectivity index (χ1v) is 15.6. The molecule has 5 heterocycles. The maximum atomic E-state index is 13.8. The number of nitrogens with one attached hydrogen (secondary N) is 2. The topological polar surface area (TPSA) is 167 Å². The smallest absolute Gasteiger partial charge is 0.276 e. The molecule has 0 saturated heterocycles. The van der Waals surface area contributed by atoms with Gasteiger partial charge in [-0.25, -0.2) is 4.98 Å². The van der Waals surface area contributed by atoms with Crippen molar-refractivity contribution in [3.63, 3.8) is 0 Å². The third kappa shape index (κ3) is 6.17. The lowest BCUT2D eigenvalue weighted by Gasteiger charge is -2.31.